The van der Waals surface area contributed by atoms with E-state index in [1.807, 2.05) is 11.0 Å². The van der Waals surface area contributed by atoms with Crippen LogP contribution in [-0.4, -0.2) is 31.6 Å². The van der Waals surface area contributed by atoms with Gasteiger partial charge in [0.05, 0.1) is 26.1 Å². The Labute approximate surface area is 127 Å². The van der Waals surface area contributed by atoms with Crippen molar-refractivity contribution in [2.45, 2.75) is 45.6 Å². The quantitative estimate of drug-likeness (QED) is 0.899. The van der Waals surface area contributed by atoms with E-state index in [-0.39, 0.29) is 0 Å². The second-order valence-corrected chi connectivity index (χ2v) is 6.88. The van der Waals surface area contributed by atoms with Crippen LogP contribution in [0.2, 0.25) is 0 Å². The largest absolute Gasteiger partial charge is 0.334 e. The first-order valence-corrected chi connectivity index (χ1v) is 8.38. The predicted molar refractivity (Wildman–Crippen MR) is 85.7 cm³/mol. The molecule has 1 atom stereocenters. The first-order valence-electron chi connectivity index (χ1n) is 8.38. The summed E-state index contributed by atoms with van der Waals surface area (Å²) in [4.78, 5) is 16.3. The lowest BCUT2D eigenvalue weighted by molar-refractivity contribution is -0.905. The number of hydrogen-bond acceptors (Lipinski definition) is 1. The van der Waals surface area contributed by atoms with E-state index in [4.69, 9.17) is 0 Å². The zero-order chi connectivity index (χ0) is 14.8. The molecule has 0 bridgehead atoms. The Balaban J connectivity index is 1.58. The zero-order valence-electron chi connectivity index (χ0n) is 13.3. The molecule has 2 aliphatic rings. The van der Waals surface area contributed by atoms with Crippen molar-refractivity contribution in [1.29, 1.82) is 0 Å². The van der Waals surface area contributed by atoms with Crippen LogP contribution in [0, 0.1) is 5.92 Å². The number of hydrogen-bond donors (Lipinski definition) is 1. The van der Waals surface area contributed by atoms with Gasteiger partial charge in [0.1, 0.15) is 0 Å². The van der Waals surface area contributed by atoms with Crippen molar-refractivity contribution in [2.75, 3.05) is 24.5 Å². The Morgan fingerprint density at radius 1 is 1.24 bits per heavy atom. The van der Waals surface area contributed by atoms with Gasteiger partial charge in [0.25, 0.3) is 0 Å². The molecule has 0 aliphatic carbocycles. The molecule has 1 saturated heterocycles. The highest BCUT2D eigenvalue weighted by atomic mass is 16.2. The van der Waals surface area contributed by atoms with Gasteiger partial charge in [-0.1, -0.05) is 25.1 Å². The summed E-state index contributed by atoms with van der Waals surface area (Å²) >= 11 is 0. The number of nitrogens with one attached hydrogen (secondary N) is 1. The second kappa shape index (κ2) is 6.18. The fraction of sp³-hybridized carbons (Fsp3) is 0.611. The molecule has 3 rings (SSSR count). The fourth-order valence-electron chi connectivity index (χ4n) is 3.77. The van der Waals surface area contributed by atoms with Crippen molar-refractivity contribution in [3.63, 3.8) is 0 Å². The van der Waals surface area contributed by atoms with Gasteiger partial charge in [0.2, 0.25) is 5.91 Å². The third kappa shape index (κ3) is 3.13. The molecule has 21 heavy (non-hydrogen) atoms. The number of likely N-dealkylation sites (tertiary alicyclic amines) is 1. The molecule has 0 spiro atoms. The lowest BCUT2D eigenvalue weighted by Crippen LogP contribution is -3.13. The topological polar surface area (TPSA) is 24.8 Å². The van der Waals surface area contributed by atoms with E-state index >= 15 is 0 Å². The maximum Gasteiger partial charge on any atom is 0.232 e. The molecular weight excluding hydrogens is 260 g/mol. The van der Waals surface area contributed by atoms with Gasteiger partial charge < -0.3 is 9.80 Å². The van der Waals surface area contributed by atoms with Gasteiger partial charge in [0.15, 0.2) is 0 Å². The molecule has 0 aromatic heterocycles. The van der Waals surface area contributed by atoms with E-state index in [9.17, 15) is 4.79 Å². The summed E-state index contributed by atoms with van der Waals surface area (Å²) in [5.41, 5.74) is 2.45. The number of benzene rings is 1. The average molecular weight is 287 g/mol. The van der Waals surface area contributed by atoms with E-state index in [0.717, 1.165) is 24.6 Å². The Kier molecular flexibility index (Phi) is 4.29. The second-order valence-electron chi connectivity index (χ2n) is 6.88. The van der Waals surface area contributed by atoms with Crippen LogP contribution < -0.4 is 9.80 Å². The molecule has 3 heteroatoms. The maximum atomic E-state index is 12.6. The number of anilines is 1. The number of fused-ring (bicyclic) bond motifs is 1. The predicted octanol–water partition coefficient (Wildman–Crippen LogP) is 1.67. The van der Waals surface area contributed by atoms with Crippen LogP contribution in [0.15, 0.2) is 24.3 Å². The molecule has 1 aromatic carbocycles. The lowest BCUT2D eigenvalue weighted by atomic mass is 9.99. The molecule has 1 amide bonds. The summed E-state index contributed by atoms with van der Waals surface area (Å²) in [5, 5.41) is 0. The van der Waals surface area contributed by atoms with Crippen molar-refractivity contribution in [3.05, 3.63) is 29.8 Å². The molecule has 3 nitrogen and oxygen atoms in total. The van der Waals surface area contributed by atoms with Crippen molar-refractivity contribution in [2.24, 2.45) is 5.92 Å². The first-order chi connectivity index (χ1) is 10.1. The van der Waals surface area contributed by atoms with E-state index < -0.39 is 0 Å². The Morgan fingerprint density at radius 2 is 1.95 bits per heavy atom. The number of rotatable bonds is 3. The van der Waals surface area contributed by atoms with Crippen LogP contribution in [0.5, 0.6) is 0 Å². The minimum absolute atomic E-state index is 0.304. The van der Waals surface area contributed by atoms with Crippen LogP contribution in [-0.2, 0) is 11.2 Å². The normalized spacial score (nSPS) is 28.5. The third-order valence-electron chi connectivity index (χ3n) is 5.15. The van der Waals surface area contributed by atoms with Gasteiger partial charge in [-0.3, -0.25) is 4.79 Å². The number of piperidine rings is 1. The summed E-state index contributed by atoms with van der Waals surface area (Å²) < 4.78 is 0. The van der Waals surface area contributed by atoms with E-state index in [1.165, 1.54) is 31.5 Å². The van der Waals surface area contributed by atoms with Crippen LogP contribution in [0.1, 0.15) is 38.7 Å². The average Bonchev–Trinajstić information content (AvgIpc) is 2.82. The molecule has 0 saturated carbocycles. The molecule has 2 aliphatic heterocycles. The van der Waals surface area contributed by atoms with Crippen LogP contribution >= 0.6 is 0 Å². The first kappa shape index (κ1) is 14.6. The molecule has 114 valence electrons. The summed E-state index contributed by atoms with van der Waals surface area (Å²) in [6.07, 6.45) is 4.30. The van der Waals surface area contributed by atoms with E-state index in [1.54, 1.807) is 4.90 Å². The third-order valence-corrected chi connectivity index (χ3v) is 5.15. The highest BCUT2D eigenvalue weighted by Gasteiger charge is 2.31. The maximum absolute atomic E-state index is 12.6. The standard InChI is InChI=1S/C18H26N2O/c1-14-7-10-19(11-8-14)12-9-18(21)20-15(2)13-16-5-3-4-6-17(16)20/h3-6,14-15H,7-13H2,1-2H3/p+1/t15-/m0/s1. The van der Waals surface area contributed by atoms with Gasteiger partial charge in [-0.2, -0.15) is 0 Å². The van der Waals surface area contributed by atoms with Crippen molar-refractivity contribution in [1.82, 2.24) is 0 Å². The van der Waals surface area contributed by atoms with Gasteiger partial charge in [-0.15, -0.1) is 0 Å². The van der Waals surface area contributed by atoms with E-state index in [0.29, 0.717) is 18.4 Å². The van der Waals surface area contributed by atoms with Crippen LogP contribution in [0.3, 0.4) is 0 Å². The van der Waals surface area contributed by atoms with Gasteiger partial charge >= 0.3 is 0 Å². The lowest BCUT2D eigenvalue weighted by Gasteiger charge is -2.28. The number of amides is 1. The summed E-state index contributed by atoms with van der Waals surface area (Å²) in [7, 11) is 0. The molecule has 1 fully saturated rings. The molecule has 1 N–H and O–H groups in total. The number of para-hydroxylation sites is 1. The molecule has 0 unspecified atom stereocenters. The minimum Gasteiger partial charge on any atom is -0.334 e. The smallest absolute Gasteiger partial charge is 0.232 e. The Bertz CT molecular complexity index is 506. The summed E-state index contributed by atoms with van der Waals surface area (Å²) in [5.74, 6) is 1.17. The minimum atomic E-state index is 0.304. The van der Waals surface area contributed by atoms with Crippen LogP contribution in [0.4, 0.5) is 5.69 Å². The Hall–Kier alpha value is -1.35. The summed E-state index contributed by atoms with van der Waals surface area (Å²) in [6, 6.07) is 8.65. The van der Waals surface area contributed by atoms with Crippen molar-refractivity contribution in [3.8, 4) is 0 Å². The van der Waals surface area contributed by atoms with Gasteiger partial charge in [-0.25, -0.2) is 0 Å². The number of carbonyl (C=O) groups is 1. The SMILES string of the molecule is CC1CC[NH+](CCC(=O)N2c3ccccc3C[C@@H]2C)CC1. The number of nitrogens with zero attached hydrogens (tertiary/aromatic N) is 1. The number of quaternary nitrogens is 1. The van der Waals surface area contributed by atoms with Crippen LogP contribution in [0.25, 0.3) is 0 Å². The molecule has 2 heterocycles. The molecular formula is C18H27N2O+. The number of carbonyl (C=O) groups excluding carboxylic acids is 1. The highest BCUT2D eigenvalue weighted by Crippen LogP contribution is 2.32. The molecule has 0 radical (unpaired) electrons. The molecule has 1 aromatic rings. The highest BCUT2D eigenvalue weighted by molar-refractivity contribution is 5.96. The van der Waals surface area contributed by atoms with Crippen molar-refractivity contribution < 1.29 is 9.69 Å². The summed E-state index contributed by atoms with van der Waals surface area (Å²) in [6.45, 7) is 7.97. The Morgan fingerprint density at radius 3 is 2.71 bits per heavy atom. The monoisotopic (exact) mass is 287 g/mol. The van der Waals surface area contributed by atoms with Gasteiger partial charge in [0, 0.05) is 11.7 Å². The van der Waals surface area contributed by atoms with Gasteiger partial charge in [-0.05, 0) is 43.7 Å². The fourth-order valence-corrected chi connectivity index (χ4v) is 3.77. The zero-order valence-corrected chi connectivity index (χ0v) is 13.3. The van der Waals surface area contributed by atoms with E-state index in [2.05, 4.69) is 32.0 Å². The van der Waals surface area contributed by atoms with Crippen molar-refractivity contribution >= 4 is 11.6 Å².